The smallest absolute Gasteiger partial charge is 0.233 e. The number of hydrogen-bond donors (Lipinski definition) is 2. The van der Waals surface area contributed by atoms with Gasteiger partial charge < -0.3 is 15.4 Å². The maximum Gasteiger partial charge on any atom is 0.233 e. The summed E-state index contributed by atoms with van der Waals surface area (Å²) in [5, 5.41) is 6.16. The Kier molecular flexibility index (Phi) is 4.55. The monoisotopic (exact) mass is 242 g/mol. The Bertz CT molecular complexity index is 275. The lowest BCUT2D eigenvalue weighted by molar-refractivity contribution is -0.120. The number of ether oxygens (including phenoxy) is 1. The summed E-state index contributed by atoms with van der Waals surface area (Å²) in [6, 6.07) is 0.227. The van der Waals surface area contributed by atoms with Crippen molar-refractivity contribution in [3.63, 3.8) is 0 Å². The number of hydrogen-bond acceptors (Lipinski definition) is 3. The summed E-state index contributed by atoms with van der Waals surface area (Å²) in [7, 11) is 0. The molecule has 1 amide bonds. The summed E-state index contributed by atoms with van der Waals surface area (Å²) < 4.78 is 5.97. The van der Waals surface area contributed by atoms with Crippen LogP contribution in [0.2, 0.25) is 0 Å². The van der Waals surface area contributed by atoms with Crippen molar-refractivity contribution < 1.29 is 9.53 Å². The first kappa shape index (κ1) is 14.5. The minimum Gasteiger partial charge on any atom is -0.368 e. The van der Waals surface area contributed by atoms with Gasteiger partial charge in [-0.2, -0.15) is 0 Å². The molecule has 0 aromatic heterocycles. The number of carbonyl (C=O) groups excluding carboxylic acids is 1. The predicted octanol–water partition coefficient (Wildman–Crippen LogP) is 1.45. The summed E-state index contributed by atoms with van der Waals surface area (Å²) >= 11 is 0. The van der Waals surface area contributed by atoms with Crippen LogP contribution in [0, 0.1) is 0 Å². The minimum absolute atomic E-state index is 0.0624. The van der Waals surface area contributed by atoms with Crippen LogP contribution in [0.4, 0.5) is 0 Å². The summed E-state index contributed by atoms with van der Waals surface area (Å²) in [4.78, 5) is 11.5. The highest BCUT2D eigenvalue weighted by molar-refractivity contribution is 5.77. The van der Waals surface area contributed by atoms with E-state index in [4.69, 9.17) is 4.74 Å². The molecule has 0 aliphatic carbocycles. The zero-order valence-electron chi connectivity index (χ0n) is 11.7. The van der Waals surface area contributed by atoms with Crippen LogP contribution >= 0.6 is 0 Å². The molecule has 1 unspecified atom stereocenters. The van der Waals surface area contributed by atoms with E-state index >= 15 is 0 Å². The molecule has 1 aliphatic heterocycles. The molecule has 1 atom stereocenters. The minimum atomic E-state index is -0.214. The van der Waals surface area contributed by atoms with Crippen molar-refractivity contribution in [2.45, 2.75) is 64.7 Å². The normalized spacial score (nSPS) is 25.8. The van der Waals surface area contributed by atoms with Gasteiger partial charge in [-0.15, -0.1) is 0 Å². The van der Waals surface area contributed by atoms with E-state index in [1.54, 1.807) is 0 Å². The van der Waals surface area contributed by atoms with E-state index in [-0.39, 0.29) is 23.2 Å². The second kappa shape index (κ2) is 5.36. The molecule has 1 saturated heterocycles. The molecule has 0 aromatic carbocycles. The van der Waals surface area contributed by atoms with Gasteiger partial charge in [-0.3, -0.25) is 4.79 Å². The van der Waals surface area contributed by atoms with Crippen LogP contribution in [0.25, 0.3) is 0 Å². The van der Waals surface area contributed by atoms with Gasteiger partial charge in [-0.1, -0.05) is 6.92 Å². The van der Waals surface area contributed by atoms with Gasteiger partial charge in [0.2, 0.25) is 5.91 Å². The van der Waals surface area contributed by atoms with E-state index in [1.807, 2.05) is 6.92 Å². The summed E-state index contributed by atoms with van der Waals surface area (Å²) in [6.45, 7) is 11.5. The maximum absolute atomic E-state index is 11.5. The fourth-order valence-electron chi connectivity index (χ4n) is 2.42. The average molecular weight is 242 g/mol. The van der Waals surface area contributed by atoms with Crippen molar-refractivity contribution in [3.8, 4) is 0 Å². The zero-order chi connectivity index (χ0) is 13.1. The van der Waals surface area contributed by atoms with E-state index in [0.29, 0.717) is 6.54 Å². The Morgan fingerprint density at radius 3 is 2.47 bits per heavy atom. The van der Waals surface area contributed by atoms with Crippen molar-refractivity contribution in [1.29, 1.82) is 0 Å². The summed E-state index contributed by atoms with van der Waals surface area (Å²) in [6.07, 6.45) is 1.90. The average Bonchev–Trinajstić information content (AvgIpc) is 2.40. The molecule has 1 heterocycles. The molecular formula is C13H26N2O2. The van der Waals surface area contributed by atoms with E-state index in [2.05, 4.69) is 38.3 Å². The lowest BCUT2D eigenvalue weighted by Gasteiger charge is -2.27. The van der Waals surface area contributed by atoms with E-state index in [0.717, 1.165) is 19.4 Å². The third-order valence-corrected chi connectivity index (χ3v) is 3.16. The van der Waals surface area contributed by atoms with E-state index < -0.39 is 0 Å². The van der Waals surface area contributed by atoms with E-state index in [9.17, 15) is 4.79 Å². The molecule has 1 aliphatic rings. The van der Waals surface area contributed by atoms with E-state index in [1.165, 1.54) is 0 Å². The quantitative estimate of drug-likeness (QED) is 0.767. The van der Waals surface area contributed by atoms with Gasteiger partial charge in [0, 0.05) is 12.6 Å². The molecule has 0 bridgehead atoms. The van der Waals surface area contributed by atoms with Crippen molar-refractivity contribution in [2.24, 2.45) is 0 Å². The Labute approximate surface area is 104 Å². The van der Waals surface area contributed by atoms with Crippen LogP contribution in [0.15, 0.2) is 0 Å². The third kappa shape index (κ3) is 4.28. The third-order valence-electron chi connectivity index (χ3n) is 3.16. The highest BCUT2D eigenvalue weighted by Crippen LogP contribution is 2.36. The van der Waals surface area contributed by atoms with Crippen LogP contribution in [-0.2, 0) is 9.53 Å². The lowest BCUT2D eigenvalue weighted by Crippen LogP contribution is -2.47. The first-order valence-electron chi connectivity index (χ1n) is 6.47. The Balaban J connectivity index is 2.39. The largest absolute Gasteiger partial charge is 0.368 e. The molecule has 1 fully saturated rings. The van der Waals surface area contributed by atoms with Gasteiger partial charge in [0.15, 0.2) is 0 Å². The van der Waals surface area contributed by atoms with Crippen molar-refractivity contribution in [3.05, 3.63) is 0 Å². The molecule has 4 nitrogen and oxygen atoms in total. The highest BCUT2D eigenvalue weighted by atomic mass is 16.5. The van der Waals surface area contributed by atoms with Gasteiger partial charge in [-0.05, 0) is 40.5 Å². The molecule has 4 heteroatoms. The first-order chi connectivity index (χ1) is 7.77. The Morgan fingerprint density at radius 2 is 2.00 bits per heavy atom. The van der Waals surface area contributed by atoms with Gasteiger partial charge in [0.1, 0.15) is 0 Å². The predicted molar refractivity (Wildman–Crippen MR) is 69.0 cm³/mol. The van der Waals surface area contributed by atoms with Crippen LogP contribution in [0.1, 0.15) is 47.5 Å². The molecule has 0 radical (unpaired) electrons. The fraction of sp³-hybridized carbons (Fsp3) is 0.923. The van der Waals surface area contributed by atoms with Gasteiger partial charge in [0.25, 0.3) is 0 Å². The number of nitrogens with one attached hydrogen (secondary N) is 2. The number of amides is 1. The summed E-state index contributed by atoms with van der Waals surface area (Å²) in [5.41, 5.74) is -0.324. The van der Waals surface area contributed by atoms with Gasteiger partial charge >= 0.3 is 0 Å². The fourth-order valence-corrected chi connectivity index (χ4v) is 2.42. The Hall–Kier alpha value is -0.610. The van der Waals surface area contributed by atoms with Gasteiger partial charge in [-0.25, -0.2) is 0 Å². The molecule has 2 N–H and O–H groups in total. The standard InChI is InChI=1S/C13H26N2O2/c1-6-7-14-11(16)9-15-10-8-12(2,3)17-13(10,4)5/h10,15H,6-9H2,1-5H3,(H,14,16). The topological polar surface area (TPSA) is 50.4 Å². The highest BCUT2D eigenvalue weighted by Gasteiger charge is 2.45. The van der Waals surface area contributed by atoms with Crippen LogP contribution in [-0.4, -0.2) is 36.2 Å². The lowest BCUT2D eigenvalue weighted by atomic mass is 9.94. The SMILES string of the molecule is CCCNC(=O)CNC1CC(C)(C)OC1(C)C. The molecule has 1 rings (SSSR count). The van der Waals surface area contributed by atoms with Crippen molar-refractivity contribution >= 4 is 5.91 Å². The molecule has 17 heavy (non-hydrogen) atoms. The van der Waals surface area contributed by atoms with Gasteiger partial charge in [0.05, 0.1) is 17.7 Å². The van der Waals surface area contributed by atoms with Crippen LogP contribution in [0.3, 0.4) is 0 Å². The maximum atomic E-state index is 11.5. The molecule has 100 valence electrons. The molecule has 0 spiro atoms. The molecular weight excluding hydrogens is 216 g/mol. The van der Waals surface area contributed by atoms with Crippen LogP contribution < -0.4 is 10.6 Å². The summed E-state index contributed by atoms with van der Waals surface area (Å²) in [5.74, 6) is 0.0624. The molecule has 0 saturated carbocycles. The number of rotatable bonds is 5. The first-order valence-corrected chi connectivity index (χ1v) is 6.47. The zero-order valence-corrected chi connectivity index (χ0v) is 11.7. The molecule has 0 aromatic rings. The van der Waals surface area contributed by atoms with Crippen molar-refractivity contribution in [2.75, 3.05) is 13.1 Å². The Morgan fingerprint density at radius 1 is 1.35 bits per heavy atom. The second-order valence-corrected chi connectivity index (χ2v) is 5.95. The second-order valence-electron chi connectivity index (χ2n) is 5.95. The van der Waals surface area contributed by atoms with Crippen molar-refractivity contribution in [1.82, 2.24) is 10.6 Å². The number of carbonyl (C=O) groups is 1. The van der Waals surface area contributed by atoms with Crippen LogP contribution in [0.5, 0.6) is 0 Å².